The Kier molecular flexibility index (Phi) is 5.71. The van der Waals surface area contributed by atoms with Gasteiger partial charge in [-0.05, 0) is 44.9 Å². The van der Waals surface area contributed by atoms with E-state index in [1.165, 1.54) is 6.07 Å². The molecule has 1 saturated heterocycles. The van der Waals surface area contributed by atoms with E-state index < -0.39 is 11.6 Å². The molecular formula is C16H23F2N3O. The Morgan fingerprint density at radius 2 is 2.18 bits per heavy atom. The second kappa shape index (κ2) is 7.54. The van der Waals surface area contributed by atoms with Crippen molar-refractivity contribution in [3.05, 3.63) is 35.4 Å². The zero-order valence-corrected chi connectivity index (χ0v) is 13.1. The summed E-state index contributed by atoms with van der Waals surface area (Å²) in [6.07, 6.45) is 2.05. The van der Waals surface area contributed by atoms with Gasteiger partial charge in [-0.3, -0.25) is 0 Å². The third-order valence-electron chi connectivity index (χ3n) is 3.69. The van der Waals surface area contributed by atoms with Crippen LogP contribution in [0.3, 0.4) is 0 Å². The van der Waals surface area contributed by atoms with Crippen LogP contribution in [0.5, 0.6) is 0 Å². The van der Waals surface area contributed by atoms with Gasteiger partial charge in [0.25, 0.3) is 0 Å². The van der Waals surface area contributed by atoms with Crippen molar-refractivity contribution in [2.45, 2.75) is 38.8 Å². The number of rotatable bonds is 5. The highest BCUT2D eigenvalue weighted by atomic mass is 19.1. The maximum absolute atomic E-state index is 13.6. The fraction of sp³-hybridized carbons (Fsp3) is 0.562. The van der Waals surface area contributed by atoms with E-state index in [9.17, 15) is 8.78 Å². The Labute approximate surface area is 130 Å². The standard InChI is InChI=1S/C16H23F2N3O/c1-3-19-15(21-11-16(2)7-4-8-22-16)20-10-12-9-13(17)5-6-14(12)18/h5-6,9H,3-4,7-8,10-11H2,1-2H3,(H2,19,20,21). The summed E-state index contributed by atoms with van der Waals surface area (Å²) in [7, 11) is 0. The fourth-order valence-corrected chi connectivity index (χ4v) is 2.42. The van der Waals surface area contributed by atoms with Gasteiger partial charge in [0.2, 0.25) is 0 Å². The number of aliphatic imine (C=N–C) groups is 1. The molecule has 0 bridgehead atoms. The molecule has 2 N–H and O–H groups in total. The van der Waals surface area contributed by atoms with Crippen LogP contribution in [-0.4, -0.2) is 31.3 Å². The smallest absolute Gasteiger partial charge is 0.191 e. The number of benzene rings is 1. The number of halogens is 2. The van der Waals surface area contributed by atoms with Crippen molar-refractivity contribution < 1.29 is 13.5 Å². The molecule has 22 heavy (non-hydrogen) atoms. The lowest BCUT2D eigenvalue weighted by Crippen LogP contribution is -2.45. The van der Waals surface area contributed by atoms with Gasteiger partial charge in [0.1, 0.15) is 11.6 Å². The minimum absolute atomic E-state index is 0.0799. The lowest BCUT2D eigenvalue weighted by molar-refractivity contribution is 0.0243. The van der Waals surface area contributed by atoms with Crippen LogP contribution in [0.2, 0.25) is 0 Å². The Hall–Kier alpha value is -1.69. The summed E-state index contributed by atoms with van der Waals surface area (Å²) in [5.41, 5.74) is 0.0425. The highest BCUT2D eigenvalue weighted by Gasteiger charge is 2.29. The normalized spacial score (nSPS) is 21.9. The number of ether oxygens (including phenoxy) is 1. The van der Waals surface area contributed by atoms with Gasteiger partial charge in [-0.15, -0.1) is 0 Å². The molecule has 0 amide bonds. The van der Waals surface area contributed by atoms with Crippen LogP contribution >= 0.6 is 0 Å². The number of hydrogen-bond acceptors (Lipinski definition) is 2. The van der Waals surface area contributed by atoms with Crippen LogP contribution in [-0.2, 0) is 11.3 Å². The van der Waals surface area contributed by atoms with Crippen LogP contribution in [0.1, 0.15) is 32.3 Å². The zero-order chi connectivity index (χ0) is 16.0. The summed E-state index contributed by atoms with van der Waals surface area (Å²) in [4.78, 5) is 4.31. The van der Waals surface area contributed by atoms with Gasteiger partial charge in [-0.2, -0.15) is 0 Å². The second-order valence-corrected chi connectivity index (χ2v) is 5.69. The number of nitrogens with zero attached hydrogens (tertiary/aromatic N) is 1. The topological polar surface area (TPSA) is 45.7 Å². The van der Waals surface area contributed by atoms with Crippen molar-refractivity contribution in [2.75, 3.05) is 19.7 Å². The average Bonchev–Trinajstić information content (AvgIpc) is 2.92. The van der Waals surface area contributed by atoms with E-state index in [1.54, 1.807) is 0 Å². The monoisotopic (exact) mass is 311 g/mol. The summed E-state index contributed by atoms with van der Waals surface area (Å²) in [6.45, 7) is 6.19. The van der Waals surface area contributed by atoms with Crippen molar-refractivity contribution in [3.63, 3.8) is 0 Å². The molecule has 0 spiro atoms. The molecule has 0 aromatic heterocycles. The Morgan fingerprint density at radius 1 is 1.36 bits per heavy atom. The lowest BCUT2D eigenvalue weighted by Gasteiger charge is -2.24. The number of hydrogen-bond donors (Lipinski definition) is 2. The summed E-state index contributed by atoms with van der Waals surface area (Å²) in [5, 5.41) is 6.30. The van der Waals surface area contributed by atoms with Crippen LogP contribution in [0.4, 0.5) is 8.78 Å². The zero-order valence-electron chi connectivity index (χ0n) is 13.1. The largest absolute Gasteiger partial charge is 0.373 e. The molecule has 1 aliphatic rings. The molecule has 1 fully saturated rings. The first-order valence-corrected chi connectivity index (χ1v) is 7.62. The van der Waals surface area contributed by atoms with Crippen molar-refractivity contribution in [2.24, 2.45) is 4.99 Å². The van der Waals surface area contributed by atoms with Gasteiger partial charge in [0, 0.05) is 25.3 Å². The van der Waals surface area contributed by atoms with E-state index in [4.69, 9.17) is 4.74 Å². The van der Waals surface area contributed by atoms with Crippen molar-refractivity contribution in [1.82, 2.24) is 10.6 Å². The molecule has 0 radical (unpaired) electrons. The summed E-state index contributed by atoms with van der Waals surface area (Å²) < 4.78 is 32.5. The van der Waals surface area contributed by atoms with Crippen molar-refractivity contribution >= 4 is 5.96 Å². The third kappa shape index (κ3) is 4.66. The molecule has 1 atom stereocenters. The third-order valence-corrected chi connectivity index (χ3v) is 3.69. The molecule has 1 unspecified atom stereocenters. The predicted octanol–water partition coefficient (Wildman–Crippen LogP) is 2.59. The van der Waals surface area contributed by atoms with Gasteiger partial charge in [-0.1, -0.05) is 0 Å². The van der Waals surface area contributed by atoms with Crippen molar-refractivity contribution in [3.8, 4) is 0 Å². The summed E-state index contributed by atoms with van der Waals surface area (Å²) in [5.74, 6) is -0.341. The van der Waals surface area contributed by atoms with Crippen molar-refractivity contribution in [1.29, 1.82) is 0 Å². The van der Waals surface area contributed by atoms with E-state index in [2.05, 4.69) is 22.5 Å². The van der Waals surface area contributed by atoms with E-state index in [-0.39, 0.29) is 17.7 Å². The maximum Gasteiger partial charge on any atom is 0.191 e. The van der Waals surface area contributed by atoms with E-state index in [0.717, 1.165) is 31.6 Å². The lowest BCUT2D eigenvalue weighted by atomic mass is 10.0. The van der Waals surface area contributed by atoms with Gasteiger partial charge in [-0.25, -0.2) is 13.8 Å². The van der Waals surface area contributed by atoms with Crippen LogP contribution in [0.15, 0.2) is 23.2 Å². The first kappa shape index (κ1) is 16.7. The fourth-order valence-electron chi connectivity index (χ4n) is 2.42. The second-order valence-electron chi connectivity index (χ2n) is 5.69. The molecule has 1 heterocycles. The number of nitrogens with one attached hydrogen (secondary N) is 2. The quantitative estimate of drug-likeness (QED) is 0.649. The van der Waals surface area contributed by atoms with Crippen LogP contribution < -0.4 is 10.6 Å². The first-order chi connectivity index (χ1) is 10.5. The maximum atomic E-state index is 13.6. The highest BCUT2D eigenvalue weighted by molar-refractivity contribution is 5.79. The van der Waals surface area contributed by atoms with Crippen LogP contribution in [0, 0.1) is 11.6 Å². The average molecular weight is 311 g/mol. The molecular weight excluding hydrogens is 288 g/mol. The molecule has 0 aliphatic carbocycles. The van der Waals surface area contributed by atoms with E-state index >= 15 is 0 Å². The van der Waals surface area contributed by atoms with Gasteiger partial charge < -0.3 is 15.4 Å². The predicted molar refractivity (Wildman–Crippen MR) is 82.8 cm³/mol. The van der Waals surface area contributed by atoms with Gasteiger partial charge in [0.15, 0.2) is 5.96 Å². The van der Waals surface area contributed by atoms with Gasteiger partial charge >= 0.3 is 0 Å². The molecule has 1 aliphatic heterocycles. The van der Waals surface area contributed by atoms with Gasteiger partial charge in [0.05, 0.1) is 12.1 Å². The molecule has 2 rings (SSSR count). The molecule has 4 nitrogen and oxygen atoms in total. The minimum atomic E-state index is -0.462. The van der Waals surface area contributed by atoms with Crippen LogP contribution in [0.25, 0.3) is 0 Å². The Morgan fingerprint density at radius 3 is 2.86 bits per heavy atom. The van der Waals surface area contributed by atoms with E-state index in [0.29, 0.717) is 19.0 Å². The molecule has 1 aromatic carbocycles. The SMILES string of the molecule is CCNC(=NCc1cc(F)ccc1F)NCC1(C)CCCO1. The number of guanidine groups is 1. The summed E-state index contributed by atoms with van der Waals surface area (Å²) in [6, 6.07) is 3.39. The Bertz CT molecular complexity index is 528. The Balaban J connectivity index is 1.98. The molecule has 6 heteroatoms. The molecule has 0 saturated carbocycles. The first-order valence-electron chi connectivity index (χ1n) is 7.62. The summed E-state index contributed by atoms with van der Waals surface area (Å²) >= 11 is 0. The molecule has 122 valence electrons. The van der Waals surface area contributed by atoms with E-state index in [1.807, 2.05) is 6.92 Å². The molecule has 1 aromatic rings. The highest BCUT2D eigenvalue weighted by Crippen LogP contribution is 2.23. The minimum Gasteiger partial charge on any atom is -0.373 e.